The third-order valence-electron chi connectivity index (χ3n) is 6.63. The smallest absolute Gasteiger partial charge is 0.237 e. The van der Waals surface area contributed by atoms with Crippen LogP contribution in [0.15, 0.2) is 0 Å². The van der Waals surface area contributed by atoms with E-state index in [0.717, 1.165) is 45.3 Å². The van der Waals surface area contributed by atoms with Crippen molar-refractivity contribution in [2.45, 2.75) is 82.0 Å². The van der Waals surface area contributed by atoms with Crippen molar-refractivity contribution in [3.8, 4) is 6.07 Å². The highest BCUT2D eigenvalue weighted by Gasteiger charge is 2.55. The van der Waals surface area contributed by atoms with Crippen molar-refractivity contribution in [1.29, 1.82) is 5.26 Å². The van der Waals surface area contributed by atoms with E-state index in [2.05, 4.69) is 16.3 Å². The van der Waals surface area contributed by atoms with E-state index in [4.69, 9.17) is 24.2 Å². The van der Waals surface area contributed by atoms with Crippen LogP contribution in [0.3, 0.4) is 0 Å². The Morgan fingerprint density at radius 3 is 2.63 bits per heavy atom. The van der Waals surface area contributed by atoms with Crippen LogP contribution in [0.4, 0.5) is 0 Å². The molecule has 1 N–H and O–H groups in total. The molecule has 0 aromatic carbocycles. The van der Waals surface area contributed by atoms with E-state index in [1.54, 1.807) is 12.0 Å². The van der Waals surface area contributed by atoms with Crippen LogP contribution in [-0.4, -0.2) is 98.0 Å². The Bertz CT molecular complexity index is 660. The highest BCUT2D eigenvalue weighted by atomic mass is 16.8. The molecule has 30 heavy (non-hydrogen) atoms. The monoisotopic (exact) mass is 422 g/mol. The first-order valence-corrected chi connectivity index (χ1v) is 11.1. The van der Waals surface area contributed by atoms with Gasteiger partial charge in [0.25, 0.3) is 0 Å². The van der Waals surface area contributed by atoms with Crippen LogP contribution in [0, 0.1) is 11.3 Å². The number of rotatable bonds is 6. The van der Waals surface area contributed by atoms with Gasteiger partial charge in [-0.15, -0.1) is 0 Å². The zero-order valence-corrected chi connectivity index (χ0v) is 18.2. The molecule has 4 aliphatic rings. The topological polar surface area (TPSA) is 96.3 Å². The number of piperidine rings is 1. The van der Waals surface area contributed by atoms with E-state index in [-0.39, 0.29) is 30.3 Å². The molecule has 0 saturated carbocycles. The Hall–Kier alpha value is -1.28. The van der Waals surface area contributed by atoms with Crippen molar-refractivity contribution in [3.63, 3.8) is 0 Å². The summed E-state index contributed by atoms with van der Waals surface area (Å²) in [6.07, 6.45) is 2.89. The summed E-state index contributed by atoms with van der Waals surface area (Å²) in [6.45, 7) is 7.53. The Morgan fingerprint density at radius 2 is 1.93 bits per heavy atom. The normalized spacial score (nSPS) is 36.7. The summed E-state index contributed by atoms with van der Waals surface area (Å²) in [5.74, 6) is -0.573. The lowest BCUT2D eigenvalue weighted by Crippen LogP contribution is -2.49. The molecule has 9 heteroatoms. The van der Waals surface area contributed by atoms with Crippen LogP contribution in [0.5, 0.6) is 0 Å². The highest BCUT2D eigenvalue weighted by Crippen LogP contribution is 2.39. The largest absolute Gasteiger partial charge is 0.353 e. The lowest BCUT2D eigenvalue weighted by atomic mass is 10.0. The first-order valence-electron chi connectivity index (χ1n) is 11.1. The molecule has 4 saturated heterocycles. The van der Waals surface area contributed by atoms with Gasteiger partial charge in [-0.25, -0.2) is 0 Å². The summed E-state index contributed by atoms with van der Waals surface area (Å²) in [7, 11) is 1.64. The molecule has 0 radical (unpaired) electrons. The minimum absolute atomic E-state index is 0.0403. The van der Waals surface area contributed by atoms with E-state index in [1.807, 2.05) is 13.8 Å². The van der Waals surface area contributed by atoms with Crippen molar-refractivity contribution >= 4 is 5.91 Å². The maximum Gasteiger partial charge on any atom is 0.237 e. The van der Waals surface area contributed by atoms with E-state index < -0.39 is 12.1 Å². The molecule has 0 bridgehead atoms. The van der Waals surface area contributed by atoms with E-state index in [9.17, 15) is 4.79 Å². The standard InChI is InChI=1S/C21H34N4O5/c1-21(2)29-18-16(28-20(27-3)19(18)30-21)13-24-9-6-14(7-10-24)23-12-17(26)25-8-4-5-15(25)11-22/h14-16,18-20,23H,4-10,12-13H2,1-3H3/t15-,16?,18+,19+,20+/m0/s1. The predicted molar refractivity (Wildman–Crippen MR) is 107 cm³/mol. The Labute approximate surface area is 178 Å². The highest BCUT2D eigenvalue weighted by molar-refractivity contribution is 5.79. The molecule has 0 aromatic rings. The average molecular weight is 423 g/mol. The van der Waals surface area contributed by atoms with Gasteiger partial charge < -0.3 is 34.1 Å². The third-order valence-corrected chi connectivity index (χ3v) is 6.63. The summed E-state index contributed by atoms with van der Waals surface area (Å²) in [5.41, 5.74) is 0. The van der Waals surface area contributed by atoms with Crippen LogP contribution in [0.25, 0.3) is 0 Å². The van der Waals surface area contributed by atoms with Crippen molar-refractivity contribution in [2.75, 3.05) is 39.8 Å². The van der Waals surface area contributed by atoms with Gasteiger partial charge in [-0.3, -0.25) is 4.79 Å². The number of hydrogen-bond donors (Lipinski definition) is 1. The average Bonchev–Trinajstić information content (AvgIpc) is 3.41. The molecular weight excluding hydrogens is 388 g/mol. The van der Waals surface area contributed by atoms with E-state index in [1.165, 1.54) is 0 Å². The van der Waals surface area contributed by atoms with Gasteiger partial charge in [-0.05, 0) is 52.6 Å². The number of carbonyl (C=O) groups is 1. The predicted octanol–water partition coefficient (Wildman–Crippen LogP) is 0.446. The number of nitrogens with zero attached hydrogens (tertiary/aromatic N) is 3. The molecule has 0 aromatic heterocycles. The zero-order chi connectivity index (χ0) is 21.3. The number of likely N-dealkylation sites (tertiary alicyclic amines) is 2. The molecule has 4 fully saturated rings. The molecule has 4 rings (SSSR count). The molecule has 9 nitrogen and oxygen atoms in total. The van der Waals surface area contributed by atoms with Crippen LogP contribution in [0.2, 0.25) is 0 Å². The second kappa shape index (κ2) is 9.07. The summed E-state index contributed by atoms with van der Waals surface area (Å²) in [6, 6.07) is 2.30. The lowest BCUT2D eigenvalue weighted by molar-refractivity contribution is -0.228. The number of fused-ring (bicyclic) bond motifs is 1. The summed E-state index contributed by atoms with van der Waals surface area (Å²) in [5, 5.41) is 12.6. The molecule has 1 amide bonds. The molecule has 5 atom stereocenters. The van der Waals surface area contributed by atoms with Crippen molar-refractivity contribution in [3.05, 3.63) is 0 Å². The fraction of sp³-hybridized carbons (Fsp3) is 0.905. The fourth-order valence-corrected chi connectivity index (χ4v) is 5.09. The second-order valence-electron chi connectivity index (χ2n) is 9.17. The van der Waals surface area contributed by atoms with E-state index in [0.29, 0.717) is 19.1 Å². The minimum atomic E-state index is -0.614. The van der Waals surface area contributed by atoms with Crippen molar-refractivity contribution in [2.24, 2.45) is 0 Å². The fourth-order valence-electron chi connectivity index (χ4n) is 5.09. The first-order chi connectivity index (χ1) is 14.4. The number of carbonyl (C=O) groups excluding carboxylic acids is 1. The van der Waals surface area contributed by atoms with Crippen molar-refractivity contribution < 1.29 is 23.7 Å². The summed E-state index contributed by atoms with van der Waals surface area (Å²) < 4.78 is 23.6. The SMILES string of the molecule is CO[C@@H]1OC(CN2CCC(NCC(=O)N3CCC[C@H]3C#N)CC2)[C@H]2OC(C)(C)O[C@@H]12. The number of nitriles is 1. The van der Waals surface area contributed by atoms with Crippen molar-refractivity contribution in [1.82, 2.24) is 15.1 Å². The zero-order valence-electron chi connectivity index (χ0n) is 18.2. The number of amides is 1. The minimum Gasteiger partial charge on any atom is -0.353 e. The quantitative estimate of drug-likeness (QED) is 0.659. The molecule has 1 unspecified atom stereocenters. The third kappa shape index (κ3) is 4.64. The summed E-state index contributed by atoms with van der Waals surface area (Å²) in [4.78, 5) is 16.5. The molecule has 4 heterocycles. The van der Waals surface area contributed by atoms with Gasteiger partial charge in [-0.2, -0.15) is 5.26 Å². The Balaban J connectivity index is 1.21. The summed E-state index contributed by atoms with van der Waals surface area (Å²) >= 11 is 0. The molecular formula is C21H34N4O5. The molecule has 0 aliphatic carbocycles. The number of nitrogens with one attached hydrogen (secondary N) is 1. The van der Waals surface area contributed by atoms with Crippen LogP contribution < -0.4 is 5.32 Å². The van der Waals surface area contributed by atoms with Gasteiger partial charge in [0.05, 0.1) is 12.6 Å². The Kier molecular flexibility index (Phi) is 6.63. The lowest BCUT2D eigenvalue weighted by Gasteiger charge is -2.35. The van der Waals surface area contributed by atoms with Gasteiger partial charge in [0.15, 0.2) is 12.1 Å². The molecule has 0 spiro atoms. The van der Waals surface area contributed by atoms with Gasteiger partial charge in [0.1, 0.15) is 24.4 Å². The van der Waals surface area contributed by atoms with Gasteiger partial charge in [0.2, 0.25) is 5.91 Å². The number of methoxy groups -OCH3 is 1. The number of hydrogen-bond acceptors (Lipinski definition) is 8. The maximum atomic E-state index is 12.4. The Morgan fingerprint density at radius 1 is 1.20 bits per heavy atom. The van der Waals surface area contributed by atoms with Gasteiger partial charge >= 0.3 is 0 Å². The number of ether oxygens (including phenoxy) is 4. The van der Waals surface area contributed by atoms with Crippen LogP contribution in [-0.2, 0) is 23.7 Å². The molecule has 168 valence electrons. The van der Waals surface area contributed by atoms with E-state index >= 15 is 0 Å². The van der Waals surface area contributed by atoms with Gasteiger partial charge in [0, 0.05) is 26.2 Å². The second-order valence-corrected chi connectivity index (χ2v) is 9.17. The van der Waals surface area contributed by atoms with Gasteiger partial charge in [-0.1, -0.05) is 0 Å². The maximum absolute atomic E-state index is 12.4. The van der Waals surface area contributed by atoms with Crippen LogP contribution in [0.1, 0.15) is 39.5 Å². The molecule has 4 aliphatic heterocycles. The first kappa shape index (κ1) is 21.9. The van der Waals surface area contributed by atoms with Crippen LogP contribution >= 0.6 is 0 Å².